The minimum atomic E-state index is 0.0683. The summed E-state index contributed by atoms with van der Waals surface area (Å²) in [5.41, 5.74) is 6.80. The van der Waals surface area contributed by atoms with Crippen LogP contribution in [-0.4, -0.2) is 23.8 Å². The molecule has 1 aromatic rings. The summed E-state index contributed by atoms with van der Waals surface area (Å²) in [7, 11) is 0. The van der Waals surface area contributed by atoms with Crippen LogP contribution in [0.2, 0.25) is 0 Å². The first-order chi connectivity index (χ1) is 15.4. The number of rotatable bonds is 4. The second-order valence-corrected chi connectivity index (χ2v) is 11.1. The monoisotopic (exact) mass is 430 g/mol. The van der Waals surface area contributed by atoms with Crippen LogP contribution in [-0.2, 0) is 9.53 Å². The third kappa shape index (κ3) is 2.70. The summed E-state index contributed by atoms with van der Waals surface area (Å²) in [6.45, 7) is 7.10. The molecule has 168 valence electrons. The minimum Gasteiger partial charge on any atom is -0.374 e. The molecule has 3 fully saturated rings. The number of hydrogen-bond donors (Lipinski definition) is 0. The summed E-state index contributed by atoms with van der Waals surface area (Å²) in [4.78, 5) is 24.1. The molecule has 0 aliphatic heterocycles. The van der Waals surface area contributed by atoms with Gasteiger partial charge in [0.25, 0.3) is 0 Å². The lowest BCUT2D eigenvalue weighted by Crippen LogP contribution is -2.48. The lowest BCUT2D eigenvalue weighted by molar-refractivity contribution is -0.114. The van der Waals surface area contributed by atoms with Gasteiger partial charge in [-0.15, -0.1) is 0 Å². The molecule has 0 amide bonds. The number of fused-ring (bicyclic) bond motifs is 6. The molecule has 3 heteroatoms. The van der Waals surface area contributed by atoms with Crippen molar-refractivity contribution >= 4 is 11.6 Å². The lowest BCUT2D eigenvalue weighted by Gasteiger charge is -2.54. The Kier molecular flexibility index (Phi) is 4.50. The second kappa shape index (κ2) is 7.00. The van der Waals surface area contributed by atoms with Crippen LogP contribution < -0.4 is 0 Å². The van der Waals surface area contributed by atoms with Gasteiger partial charge in [0.2, 0.25) is 0 Å². The number of ketones is 2. The van der Waals surface area contributed by atoms with Crippen molar-refractivity contribution in [3.8, 4) is 0 Å². The molecule has 0 saturated heterocycles. The smallest absolute Gasteiger partial charge is 0.159 e. The molecule has 0 radical (unpaired) electrons. The van der Waals surface area contributed by atoms with E-state index >= 15 is 0 Å². The summed E-state index contributed by atoms with van der Waals surface area (Å²) in [5.74, 6) is 2.76. The first-order valence-electron chi connectivity index (χ1n) is 12.6. The fourth-order valence-corrected chi connectivity index (χ4v) is 8.37. The van der Waals surface area contributed by atoms with Crippen LogP contribution in [0.25, 0.3) is 0 Å². The second-order valence-electron chi connectivity index (χ2n) is 11.1. The fraction of sp³-hybridized carbons (Fsp3) is 0.586. The highest BCUT2D eigenvalue weighted by Gasteiger charge is 2.75. The summed E-state index contributed by atoms with van der Waals surface area (Å²) >= 11 is 0. The van der Waals surface area contributed by atoms with Crippen molar-refractivity contribution in [1.82, 2.24) is 0 Å². The predicted octanol–water partition coefficient (Wildman–Crippen LogP) is 6.19. The van der Waals surface area contributed by atoms with E-state index in [0.717, 1.165) is 37.9 Å². The fourth-order valence-electron chi connectivity index (χ4n) is 8.37. The zero-order chi connectivity index (χ0) is 22.3. The van der Waals surface area contributed by atoms with E-state index in [4.69, 9.17) is 4.74 Å². The van der Waals surface area contributed by atoms with Crippen molar-refractivity contribution in [2.45, 2.75) is 77.2 Å². The van der Waals surface area contributed by atoms with Gasteiger partial charge in [-0.25, -0.2) is 0 Å². The number of benzene rings is 1. The molecule has 6 rings (SSSR count). The summed E-state index contributed by atoms with van der Waals surface area (Å²) in [6, 6.07) is 8.38. The van der Waals surface area contributed by atoms with Crippen LogP contribution in [0.3, 0.4) is 0 Å². The van der Waals surface area contributed by atoms with Crippen LogP contribution in [0.15, 0.2) is 47.1 Å². The largest absolute Gasteiger partial charge is 0.374 e. The number of carbonyl (C=O) groups excluding carboxylic acids is 2. The van der Waals surface area contributed by atoms with E-state index in [0.29, 0.717) is 35.9 Å². The number of ether oxygens (including phenoxy) is 1. The van der Waals surface area contributed by atoms with Crippen LogP contribution in [0.5, 0.6) is 0 Å². The maximum absolute atomic E-state index is 12.2. The van der Waals surface area contributed by atoms with Gasteiger partial charge in [0.1, 0.15) is 0 Å². The average Bonchev–Trinajstić information content (AvgIpc) is 3.43. The summed E-state index contributed by atoms with van der Waals surface area (Å²) in [5, 5.41) is 0. The Morgan fingerprint density at radius 1 is 1.12 bits per heavy atom. The van der Waals surface area contributed by atoms with E-state index in [1.54, 1.807) is 12.5 Å². The van der Waals surface area contributed by atoms with Crippen molar-refractivity contribution in [2.75, 3.05) is 6.61 Å². The molecule has 6 atom stereocenters. The normalized spacial score (nSPS) is 39.6. The van der Waals surface area contributed by atoms with Gasteiger partial charge in [-0.1, -0.05) is 36.8 Å². The van der Waals surface area contributed by atoms with Crippen LogP contribution in [0, 0.1) is 23.2 Å². The molecule has 3 saturated carbocycles. The number of hydrogen-bond acceptors (Lipinski definition) is 3. The molecular weight excluding hydrogens is 396 g/mol. The minimum absolute atomic E-state index is 0.0683. The maximum atomic E-state index is 12.2. The highest BCUT2D eigenvalue weighted by atomic mass is 16.5. The highest BCUT2D eigenvalue weighted by molar-refractivity contribution is 5.94. The van der Waals surface area contributed by atoms with Gasteiger partial charge in [-0.05, 0) is 92.9 Å². The topological polar surface area (TPSA) is 43.4 Å². The first kappa shape index (κ1) is 20.6. The molecule has 3 nitrogen and oxygen atoms in total. The maximum Gasteiger partial charge on any atom is 0.159 e. The Bertz CT molecular complexity index is 1060. The standard InChI is InChI=1S/C29H34O3/c1-4-32-29-15-21(29)14-26-24-11-9-20-13-22(31)10-12-23(20)27(24)25(16-28(26,29)3)19-7-5-18(6-8-19)17(2)30/h5-8,13,21,24-26H,4,9-12,14-16H2,1-3H3/t21-,24-,25+,26-,28-,29?/m0/s1. The van der Waals surface area contributed by atoms with E-state index < -0.39 is 0 Å². The van der Waals surface area contributed by atoms with Gasteiger partial charge in [0, 0.05) is 29.9 Å². The molecule has 0 bridgehead atoms. The van der Waals surface area contributed by atoms with Crippen LogP contribution in [0.4, 0.5) is 0 Å². The Labute approximate surface area is 191 Å². The summed E-state index contributed by atoms with van der Waals surface area (Å²) < 4.78 is 6.56. The molecule has 5 aliphatic carbocycles. The number of carbonyl (C=O) groups is 2. The molecule has 0 heterocycles. The number of allylic oxidation sites excluding steroid dienone is 4. The zero-order valence-corrected chi connectivity index (χ0v) is 19.6. The van der Waals surface area contributed by atoms with Crippen LogP contribution >= 0.6 is 0 Å². The van der Waals surface area contributed by atoms with Gasteiger partial charge < -0.3 is 4.74 Å². The SMILES string of the molecule is CCOC12C[C@@H]1C[C@H]1[C@@H]3CCC4=CC(=O)CCC4=C3[C@@H](c3ccc(C(C)=O)cc3)C[C@@]12C. The molecule has 1 aromatic carbocycles. The molecule has 32 heavy (non-hydrogen) atoms. The lowest BCUT2D eigenvalue weighted by atomic mass is 9.51. The molecule has 1 unspecified atom stereocenters. The first-order valence-corrected chi connectivity index (χ1v) is 12.6. The molecule has 5 aliphatic rings. The van der Waals surface area contributed by atoms with E-state index in [-0.39, 0.29) is 16.8 Å². The van der Waals surface area contributed by atoms with E-state index in [2.05, 4.69) is 26.0 Å². The van der Waals surface area contributed by atoms with Crippen molar-refractivity contribution < 1.29 is 14.3 Å². The third-order valence-electron chi connectivity index (χ3n) is 9.80. The van der Waals surface area contributed by atoms with E-state index in [1.165, 1.54) is 29.6 Å². The molecule has 0 aromatic heterocycles. The predicted molar refractivity (Wildman–Crippen MR) is 125 cm³/mol. The Morgan fingerprint density at radius 2 is 1.91 bits per heavy atom. The van der Waals surface area contributed by atoms with Gasteiger partial charge in [-0.2, -0.15) is 0 Å². The zero-order valence-electron chi connectivity index (χ0n) is 19.6. The van der Waals surface area contributed by atoms with Gasteiger partial charge >= 0.3 is 0 Å². The molecule has 0 N–H and O–H groups in total. The Hall–Kier alpha value is -2.00. The highest BCUT2D eigenvalue weighted by Crippen LogP contribution is 2.77. The van der Waals surface area contributed by atoms with Crippen molar-refractivity contribution in [3.63, 3.8) is 0 Å². The van der Waals surface area contributed by atoms with Crippen LogP contribution in [0.1, 0.15) is 87.6 Å². The van der Waals surface area contributed by atoms with E-state index in [1.807, 2.05) is 18.2 Å². The third-order valence-corrected chi connectivity index (χ3v) is 9.80. The number of Topliss-reactive ketones (excluding diaryl/α,β-unsaturated/α-hetero) is 1. The Balaban J connectivity index is 1.49. The van der Waals surface area contributed by atoms with Gasteiger partial charge in [0.05, 0.1) is 5.60 Å². The molecular formula is C29H34O3. The van der Waals surface area contributed by atoms with Crippen molar-refractivity contribution in [2.24, 2.45) is 23.2 Å². The molecule has 0 spiro atoms. The van der Waals surface area contributed by atoms with Gasteiger partial charge in [0.15, 0.2) is 11.6 Å². The van der Waals surface area contributed by atoms with Gasteiger partial charge in [-0.3, -0.25) is 9.59 Å². The Morgan fingerprint density at radius 3 is 2.62 bits per heavy atom. The van der Waals surface area contributed by atoms with E-state index in [9.17, 15) is 9.59 Å². The van der Waals surface area contributed by atoms with Crippen molar-refractivity contribution in [1.29, 1.82) is 0 Å². The van der Waals surface area contributed by atoms with Crippen molar-refractivity contribution in [3.05, 3.63) is 58.2 Å². The quantitative estimate of drug-likeness (QED) is 0.535. The average molecular weight is 431 g/mol. The summed E-state index contributed by atoms with van der Waals surface area (Å²) in [6.07, 6.45) is 9.34.